The predicted octanol–water partition coefficient (Wildman–Crippen LogP) is 3.22. The first-order valence-electron chi connectivity index (χ1n) is 7.16. The lowest BCUT2D eigenvalue weighted by Crippen LogP contribution is -2.28. The van der Waals surface area contributed by atoms with Crippen molar-refractivity contribution in [2.75, 3.05) is 13.1 Å². The molecule has 1 aromatic heterocycles. The highest BCUT2D eigenvalue weighted by molar-refractivity contribution is 5.76. The van der Waals surface area contributed by atoms with E-state index in [-0.39, 0.29) is 5.82 Å². The standard InChI is InChI=1S/C16H20FN3/c1-11(2)10-20-15-4-3-13(17)9-14(15)19-16(20)12-5-7-18-8-6-12/h3-4,9,12,18H,1,5-8,10H2,2H3. The SMILES string of the molecule is C=C(C)Cn1c(C2CCNCC2)nc2cc(F)ccc21. The summed E-state index contributed by atoms with van der Waals surface area (Å²) in [6.07, 6.45) is 2.17. The number of piperidine rings is 1. The van der Waals surface area contributed by atoms with Crippen LogP contribution in [0.15, 0.2) is 30.4 Å². The van der Waals surface area contributed by atoms with E-state index in [0.717, 1.165) is 54.9 Å². The molecule has 1 N–H and O–H groups in total. The van der Waals surface area contributed by atoms with Crippen LogP contribution in [0.4, 0.5) is 4.39 Å². The van der Waals surface area contributed by atoms with Crippen LogP contribution < -0.4 is 5.32 Å². The maximum absolute atomic E-state index is 13.4. The van der Waals surface area contributed by atoms with Gasteiger partial charge in [-0.25, -0.2) is 9.37 Å². The lowest BCUT2D eigenvalue weighted by molar-refractivity contribution is 0.435. The number of benzene rings is 1. The first kappa shape index (κ1) is 13.3. The minimum absolute atomic E-state index is 0.227. The van der Waals surface area contributed by atoms with E-state index in [4.69, 9.17) is 4.98 Å². The Balaban J connectivity index is 2.10. The molecule has 2 heterocycles. The lowest BCUT2D eigenvalue weighted by atomic mass is 9.97. The number of nitrogens with one attached hydrogen (secondary N) is 1. The summed E-state index contributed by atoms with van der Waals surface area (Å²) in [5.74, 6) is 1.30. The van der Waals surface area contributed by atoms with E-state index in [2.05, 4.69) is 16.5 Å². The van der Waals surface area contributed by atoms with Crippen molar-refractivity contribution in [3.05, 3.63) is 42.0 Å². The smallest absolute Gasteiger partial charge is 0.125 e. The third-order valence-electron chi connectivity index (χ3n) is 3.87. The largest absolute Gasteiger partial charge is 0.324 e. The van der Waals surface area contributed by atoms with Gasteiger partial charge in [-0.15, -0.1) is 0 Å². The Hall–Kier alpha value is -1.68. The molecule has 3 rings (SSSR count). The summed E-state index contributed by atoms with van der Waals surface area (Å²) < 4.78 is 15.6. The molecular weight excluding hydrogens is 253 g/mol. The highest BCUT2D eigenvalue weighted by Gasteiger charge is 2.22. The molecule has 3 nitrogen and oxygen atoms in total. The third-order valence-corrected chi connectivity index (χ3v) is 3.87. The van der Waals surface area contributed by atoms with Crippen LogP contribution in [0.1, 0.15) is 31.5 Å². The minimum Gasteiger partial charge on any atom is -0.324 e. The summed E-state index contributed by atoms with van der Waals surface area (Å²) in [6.45, 7) is 8.82. The molecule has 1 aliphatic heterocycles. The molecule has 0 amide bonds. The molecule has 0 saturated carbocycles. The van der Waals surface area contributed by atoms with Crippen molar-refractivity contribution in [3.63, 3.8) is 0 Å². The van der Waals surface area contributed by atoms with Gasteiger partial charge in [-0.2, -0.15) is 0 Å². The van der Waals surface area contributed by atoms with Crippen molar-refractivity contribution < 1.29 is 4.39 Å². The molecule has 4 heteroatoms. The summed E-state index contributed by atoms with van der Waals surface area (Å²) in [5.41, 5.74) is 2.84. The fourth-order valence-electron chi connectivity index (χ4n) is 2.95. The van der Waals surface area contributed by atoms with Crippen molar-refractivity contribution in [2.24, 2.45) is 0 Å². The molecule has 106 valence electrons. The first-order chi connectivity index (χ1) is 9.65. The van der Waals surface area contributed by atoms with Gasteiger partial charge >= 0.3 is 0 Å². The summed E-state index contributed by atoms with van der Waals surface area (Å²) in [4.78, 5) is 4.70. The van der Waals surface area contributed by atoms with Gasteiger partial charge in [0.05, 0.1) is 11.0 Å². The molecule has 0 radical (unpaired) electrons. The zero-order valence-electron chi connectivity index (χ0n) is 11.8. The second kappa shape index (κ2) is 5.37. The molecule has 1 aliphatic rings. The highest BCUT2D eigenvalue weighted by atomic mass is 19.1. The molecule has 1 aromatic carbocycles. The molecule has 1 fully saturated rings. The van der Waals surface area contributed by atoms with Crippen LogP contribution in [0.3, 0.4) is 0 Å². The van der Waals surface area contributed by atoms with Gasteiger partial charge in [-0.3, -0.25) is 0 Å². The number of hydrogen-bond donors (Lipinski definition) is 1. The Bertz CT molecular complexity index is 638. The van der Waals surface area contributed by atoms with Gasteiger partial charge in [0, 0.05) is 18.5 Å². The number of halogens is 1. The first-order valence-corrected chi connectivity index (χ1v) is 7.16. The summed E-state index contributed by atoms with van der Waals surface area (Å²) >= 11 is 0. The van der Waals surface area contributed by atoms with E-state index in [0.29, 0.717) is 5.92 Å². The van der Waals surface area contributed by atoms with E-state index >= 15 is 0 Å². The van der Waals surface area contributed by atoms with E-state index < -0.39 is 0 Å². The fraction of sp³-hybridized carbons (Fsp3) is 0.438. The average molecular weight is 273 g/mol. The van der Waals surface area contributed by atoms with Crippen LogP contribution in [-0.4, -0.2) is 22.6 Å². The van der Waals surface area contributed by atoms with Crippen LogP contribution in [0.5, 0.6) is 0 Å². The van der Waals surface area contributed by atoms with E-state index in [1.807, 2.05) is 13.0 Å². The van der Waals surface area contributed by atoms with Crippen molar-refractivity contribution >= 4 is 11.0 Å². The number of nitrogens with zero attached hydrogens (tertiary/aromatic N) is 2. The molecule has 0 bridgehead atoms. The molecule has 0 unspecified atom stereocenters. The minimum atomic E-state index is -0.227. The third kappa shape index (κ3) is 2.48. The van der Waals surface area contributed by atoms with Gasteiger partial charge in [-0.1, -0.05) is 12.2 Å². The molecule has 2 aromatic rings. The fourth-order valence-corrected chi connectivity index (χ4v) is 2.95. The Morgan fingerprint density at radius 1 is 1.45 bits per heavy atom. The maximum atomic E-state index is 13.4. The van der Waals surface area contributed by atoms with Crippen LogP contribution >= 0.6 is 0 Å². The van der Waals surface area contributed by atoms with Crippen molar-refractivity contribution in [1.82, 2.24) is 14.9 Å². The average Bonchev–Trinajstić information content (AvgIpc) is 2.77. The Labute approximate surface area is 118 Å². The number of imidazole rings is 1. The Morgan fingerprint density at radius 2 is 2.20 bits per heavy atom. The van der Waals surface area contributed by atoms with Crippen LogP contribution in [0.2, 0.25) is 0 Å². The molecule has 1 saturated heterocycles. The van der Waals surface area contributed by atoms with E-state index in [1.54, 1.807) is 0 Å². The zero-order chi connectivity index (χ0) is 14.1. The molecule has 20 heavy (non-hydrogen) atoms. The van der Waals surface area contributed by atoms with Gasteiger partial charge in [-0.05, 0) is 45.0 Å². The monoisotopic (exact) mass is 273 g/mol. The topological polar surface area (TPSA) is 29.9 Å². The second-order valence-electron chi connectivity index (χ2n) is 5.67. The quantitative estimate of drug-likeness (QED) is 0.870. The highest BCUT2D eigenvalue weighted by Crippen LogP contribution is 2.29. The van der Waals surface area contributed by atoms with Crippen molar-refractivity contribution in [2.45, 2.75) is 32.2 Å². The number of hydrogen-bond acceptors (Lipinski definition) is 2. The Kier molecular flexibility index (Phi) is 3.57. The van der Waals surface area contributed by atoms with Crippen molar-refractivity contribution in [1.29, 1.82) is 0 Å². The summed E-state index contributed by atoms with van der Waals surface area (Å²) in [5, 5.41) is 3.37. The van der Waals surface area contributed by atoms with Gasteiger partial charge in [0.15, 0.2) is 0 Å². The molecule has 0 atom stereocenters. The van der Waals surface area contributed by atoms with Crippen LogP contribution in [0.25, 0.3) is 11.0 Å². The summed E-state index contributed by atoms with van der Waals surface area (Å²) in [6, 6.07) is 4.85. The zero-order valence-corrected chi connectivity index (χ0v) is 11.8. The normalized spacial score (nSPS) is 16.7. The lowest BCUT2D eigenvalue weighted by Gasteiger charge is -2.23. The number of aromatic nitrogens is 2. The van der Waals surface area contributed by atoms with E-state index in [1.165, 1.54) is 12.1 Å². The molecular formula is C16H20FN3. The van der Waals surface area contributed by atoms with Gasteiger partial charge in [0.2, 0.25) is 0 Å². The van der Waals surface area contributed by atoms with Crippen LogP contribution in [0, 0.1) is 5.82 Å². The second-order valence-corrected chi connectivity index (χ2v) is 5.67. The number of fused-ring (bicyclic) bond motifs is 1. The van der Waals surface area contributed by atoms with Gasteiger partial charge in [0.1, 0.15) is 11.6 Å². The van der Waals surface area contributed by atoms with Crippen molar-refractivity contribution in [3.8, 4) is 0 Å². The number of allylic oxidation sites excluding steroid dienone is 1. The number of rotatable bonds is 3. The molecule has 0 aliphatic carbocycles. The van der Waals surface area contributed by atoms with Crippen LogP contribution in [-0.2, 0) is 6.54 Å². The van der Waals surface area contributed by atoms with Gasteiger partial charge < -0.3 is 9.88 Å². The van der Waals surface area contributed by atoms with E-state index in [9.17, 15) is 4.39 Å². The summed E-state index contributed by atoms with van der Waals surface area (Å²) in [7, 11) is 0. The molecule has 0 spiro atoms. The predicted molar refractivity (Wildman–Crippen MR) is 79.3 cm³/mol. The maximum Gasteiger partial charge on any atom is 0.125 e. The van der Waals surface area contributed by atoms with Gasteiger partial charge in [0.25, 0.3) is 0 Å². The Morgan fingerprint density at radius 3 is 2.90 bits per heavy atom.